The zero-order valence-electron chi connectivity index (χ0n) is 16.5. The van der Waals surface area contributed by atoms with Gasteiger partial charge in [0.05, 0.1) is 31.1 Å². The second-order valence-corrected chi connectivity index (χ2v) is 7.17. The van der Waals surface area contributed by atoms with Crippen LogP contribution in [0, 0.1) is 0 Å². The average molecular weight is 409 g/mol. The fraction of sp³-hybridized carbons (Fsp3) is 0.273. The molecule has 1 aliphatic heterocycles. The van der Waals surface area contributed by atoms with Crippen molar-refractivity contribution >= 4 is 23.0 Å². The lowest BCUT2D eigenvalue weighted by Crippen LogP contribution is -2.31. The molecule has 2 atom stereocenters. The van der Waals surface area contributed by atoms with Gasteiger partial charge in [-0.1, -0.05) is 18.2 Å². The summed E-state index contributed by atoms with van der Waals surface area (Å²) >= 11 is 5.79. The number of rotatable bonds is 7. The minimum Gasteiger partial charge on any atom is -0.495 e. The first kappa shape index (κ1) is 19.4. The second kappa shape index (κ2) is 8.63. The van der Waals surface area contributed by atoms with Crippen LogP contribution < -0.4 is 15.0 Å². The van der Waals surface area contributed by atoms with Gasteiger partial charge in [0.2, 0.25) is 0 Å². The molecule has 1 aromatic carbocycles. The van der Waals surface area contributed by atoms with Crippen molar-refractivity contribution in [1.29, 1.82) is 0 Å². The van der Waals surface area contributed by atoms with Crippen molar-refractivity contribution in [1.82, 2.24) is 14.9 Å². The number of nitrogens with one attached hydrogen (secondary N) is 1. The van der Waals surface area contributed by atoms with Gasteiger partial charge in [0.1, 0.15) is 11.8 Å². The van der Waals surface area contributed by atoms with Crippen LogP contribution in [0.2, 0.25) is 0 Å². The molecule has 3 aromatic rings. The van der Waals surface area contributed by atoms with Crippen molar-refractivity contribution in [3.8, 4) is 5.75 Å². The van der Waals surface area contributed by atoms with Crippen molar-refractivity contribution < 1.29 is 9.47 Å². The highest BCUT2D eigenvalue weighted by Crippen LogP contribution is 2.44. The minimum atomic E-state index is -0.0928. The first-order valence-electron chi connectivity index (χ1n) is 9.52. The SMILES string of the molecule is COCCn1cccc1[C@@H]1[C@@H](c2ccccn2)NC(=S)N1c1ccccc1OC. The Balaban J connectivity index is 1.83. The monoisotopic (exact) mass is 408 g/mol. The summed E-state index contributed by atoms with van der Waals surface area (Å²) in [5.74, 6) is 0.776. The van der Waals surface area contributed by atoms with Gasteiger partial charge in [-0.15, -0.1) is 0 Å². The van der Waals surface area contributed by atoms with Crippen LogP contribution in [-0.4, -0.2) is 35.5 Å². The molecule has 1 fully saturated rings. The first-order chi connectivity index (χ1) is 14.2. The summed E-state index contributed by atoms with van der Waals surface area (Å²) in [5, 5.41) is 4.13. The first-order valence-corrected chi connectivity index (χ1v) is 9.93. The highest BCUT2D eigenvalue weighted by Gasteiger charge is 2.42. The van der Waals surface area contributed by atoms with Crippen LogP contribution >= 0.6 is 12.2 Å². The van der Waals surface area contributed by atoms with E-state index >= 15 is 0 Å². The average Bonchev–Trinajstić information content (AvgIpc) is 3.36. The number of para-hydroxylation sites is 2. The Morgan fingerprint density at radius 2 is 1.90 bits per heavy atom. The summed E-state index contributed by atoms with van der Waals surface area (Å²) in [6.07, 6.45) is 3.89. The largest absolute Gasteiger partial charge is 0.495 e. The van der Waals surface area contributed by atoms with Gasteiger partial charge >= 0.3 is 0 Å². The Hall–Kier alpha value is -2.90. The molecule has 1 saturated heterocycles. The van der Waals surface area contributed by atoms with Crippen molar-refractivity contribution in [2.24, 2.45) is 0 Å². The van der Waals surface area contributed by atoms with Crippen LogP contribution in [0.4, 0.5) is 5.69 Å². The summed E-state index contributed by atoms with van der Waals surface area (Å²) in [7, 11) is 3.39. The van der Waals surface area contributed by atoms with E-state index in [-0.39, 0.29) is 12.1 Å². The van der Waals surface area contributed by atoms with Gasteiger partial charge in [-0.25, -0.2) is 0 Å². The van der Waals surface area contributed by atoms with Crippen LogP contribution in [-0.2, 0) is 11.3 Å². The van der Waals surface area contributed by atoms with E-state index in [4.69, 9.17) is 21.7 Å². The van der Waals surface area contributed by atoms with Gasteiger partial charge in [0, 0.05) is 31.7 Å². The second-order valence-electron chi connectivity index (χ2n) is 6.79. The number of hydrogen-bond donors (Lipinski definition) is 1. The quantitative estimate of drug-likeness (QED) is 0.602. The summed E-state index contributed by atoms with van der Waals surface area (Å²) in [6, 6.07) is 17.9. The third kappa shape index (κ3) is 3.71. The number of methoxy groups -OCH3 is 2. The molecular formula is C22H24N4O2S. The zero-order valence-corrected chi connectivity index (χ0v) is 17.3. The minimum absolute atomic E-state index is 0.0828. The van der Waals surface area contributed by atoms with Crippen LogP contribution in [0.25, 0.3) is 0 Å². The van der Waals surface area contributed by atoms with Gasteiger partial charge < -0.3 is 24.3 Å². The number of thiocarbonyl (C=S) groups is 1. The Labute approximate surface area is 176 Å². The topological polar surface area (TPSA) is 51.5 Å². The number of nitrogens with zero attached hydrogens (tertiary/aromatic N) is 3. The molecule has 3 heterocycles. The Kier molecular flexibility index (Phi) is 5.78. The smallest absolute Gasteiger partial charge is 0.174 e. The molecule has 0 saturated carbocycles. The molecule has 2 aromatic heterocycles. The van der Waals surface area contributed by atoms with E-state index in [0.717, 1.165) is 29.4 Å². The van der Waals surface area contributed by atoms with Crippen molar-refractivity contribution in [3.63, 3.8) is 0 Å². The zero-order chi connectivity index (χ0) is 20.2. The fourth-order valence-electron chi connectivity index (χ4n) is 3.83. The Morgan fingerprint density at radius 1 is 1.07 bits per heavy atom. The van der Waals surface area contributed by atoms with Crippen molar-refractivity contribution in [2.75, 3.05) is 25.7 Å². The molecule has 0 aliphatic carbocycles. The lowest BCUT2D eigenvalue weighted by Gasteiger charge is -2.29. The van der Waals surface area contributed by atoms with Crippen LogP contribution in [0.15, 0.2) is 67.0 Å². The van der Waals surface area contributed by atoms with E-state index in [1.807, 2.05) is 48.7 Å². The molecule has 1 N–H and O–H groups in total. The predicted molar refractivity (Wildman–Crippen MR) is 117 cm³/mol. The molecule has 0 spiro atoms. The van der Waals surface area contributed by atoms with Crippen LogP contribution in [0.3, 0.4) is 0 Å². The maximum atomic E-state index is 5.79. The van der Waals surface area contributed by atoms with E-state index in [2.05, 4.69) is 38.1 Å². The number of pyridine rings is 1. The normalized spacial score (nSPS) is 18.7. The molecule has 0 amide bonds. The summed E-state index contributed by atoms with van der Waals surface area (Å²) in [5.41, 5.74) is 3.00. The summed E-state index contributed by atoms with van der Waals surface area (Å²) < 4.78 is 13.2. The van der Waals surface area contributed by atoms with Gasteiger partial charge in [-0.05, 0) is 48.6 Å². The number of benzene rings is 1. The lowest BCUT2D eigenvalue weighted by molar-refractivity contribution is 0.186. The van der Waals surface area contributed by atoms with E-state index in [1.54, 1.807) is 14.2 Å². The van der Waals surface area contributed by atoms with E-state index in [0.29, 0.717) is 11.7 Å². The lowest BCUT2D eigenvalue weighted by atomic mass is 10.0. The van der Waals surface area contributed by atoms with Crippen molar-refractivity contribution in [3.05, 3.63) is 78.4 Å². The fourth-order valence-corrected chi connectivity index (χ4v) is 4.17. The number of anilines is 1. The van der Waals surface area contributed by atoms with Crippen LogP contribution in [0.1, 0.15) is 23.5 Å². The van der Waals surface area contributed by atoms with Gasteiger partial charge in [-0.2, -0.15) is 0 Å². The molecule has 0 radical (unpaired) electrons. The summed E-state index contributed by atoms with van der Waals surface area (Å²) in [4.78, 5) is 6.73. The number of aromatic nitrogens is 2. The van der Waals surface area contributed by atoms with E-state index in [9.17, 15) is 0 Å². The third-order valence-corrected chi connectivity index (χ3v) is 5.46. The molecule has 4 rings (SSSR count). The van der Waals surface area contributed by atoms with E-state index < -0.39 is 0 Å². The molecule has 6 nitrogen and oxygen atoms in total. The standard InChI is InChI=1S/C22H24N4O2S/c1-27-15-14-25-13-7-10-18(25)21-20(16-8-5-6-12-23-16)24-22(29)26(21)17-9-3-4-11-19(17)28-2/h3-13,20-21H,14-15H2,1-2H3,(H,24,29)/t20-,21-/m1/s1. The number of ether oxygens (including phenoxy) is 2. The van der Waals surface area contributed by atoms with Gasteiger partial charge in [0.15, 0.2) is 5.11 Å². The van der Waals surface area contributed by atoms with Gasteiger partial charge in [-0.3, -0.25) is 4.98 Å². The molecular weight excluding hydrogens is 384 g/mol. The molecule has 1 aliphatic rings. The van der Waals surface area contributed by atoms with E-state index in [1.165, 1.54) is 0 Å². The van der Waals surface area contributed by atoms with Gasteiger partial charge in [0.25, 0.3) is 0 Å². The molecule has 150 valence electrons. The highest BCUT2D eigenvalue weighted by molar-refractivity contribution is 7.80. The molecule has 29 heavy (non-hydrogen) atoms. The maximum Gasteiger partial charge on any atom is 0.174 e. The van der Waals surface area contributed by atoms with Crippen LogP contribution in [0.5, 0.6) is 5.75 Å². The maximum absolute atomic E-state index is 5.79. The third-order valence-electron chi connectivity index (χ3n) is 5.15. The molecule has 7 heteroatoms. The highest BCUT2D eigenvalue weighted by atomic mass is 32.1. The Morgan fingerprint density at radius 3 is 2.66 bits per heavy atom. The Bertz CT molecular complexity index is 976. The summed E-state index contributed by atoms with van der Waals surface area (Å²) in [6.45, 7) is 1.39. The van der Waals surface area contributed by atoms with Crippen molar-refractivity contribution in [2.45, 2.75) is 18.6 Å². The predicted octanol–water partition coefficient (Wildman–Crippen LogP) is 3.72. The molecule has 0 unspecified atom stereocenters. The molecule has 0 bridgehead atoms. The number of hydrogen-bond acceptors (Lipinski definition) is 4.